The van der Waals surface area contributed by atoms with Crippen LogP contribution in [0, 0.1) is 6.92 Å². The zero-order valence-electron chi connectivity index (χ0n) is 14.0. The van der Waals surface area contributed by atoms with Gasteiger partial charge >= 0.3 is 0 Å². The molecule has 0 unspecified atom stereocenters. The van der Waals surface area contributed by atoms with Gasteiger partial charge in [0.2, 0.25) is 5.91 Å². The number of rotatable bonds is 8. The van der Waals surface area contributed by atoms with Gasteiger partial charge in [0, 0.05) is 5.75 Å². The van der Waals surface area contributed by atoms with Crippen molar-refractivity contribution in [3.05, 3.63) is 65.2 Å². The van der Waals surface area contributed by atoms with Gasteiger partial charge in [0.1, 0.15) is 5.75 Å². The number of hydrazone groups is 1. The first-order valence-corrected chi connectivity index (χ1v) is 9.01. The smallest absolute Gasteiger partial charge is 0.250 e. The molecule has 2 aromatic rings. The van der Waals surface area contributed by atoms with E-state index in [2.05, 4.69) is 29.6 Å². The Kier molecular flexibility index (Phi) is 7.36. The molecule has 24 heavy (non-hydrogen) atoms. The van der Waals surface area contributed by atoms with E-state index >= 15 is 0 Å². The molecule has 0 aliphatic carbocycles. The van der Waals surface area contributed by atoms with Crippen LogP contribution >= 0.6 is 11.8 Å². The van der Waals surface area contributed by atoms with Crippen molar-refractivity contribution in [2.24, 2.45) is 5.10 Å². The van der Waals surface area contributed by atoms with Gasteiger partial charge in [-0.2, -0.15) is 5.10 Å². The number of thioether (sulfide) groups is 1. The maximum Gasteiger partial charge on any atom is 0.250 e. The molecule has 1 N–H and O–H groups in total. The van der Waals surface area contributed by atoms with Crippen molar-refractivity contribution in [3.8, 4) is 5.75 Å². The minimum absolute atomic E-state index is 0.101. The van der Waals surface area contributed by atoms with E-state index < -0.39 is 0 Å². The number of nitrogens with one attached hydrogen (secondary N) is 1. The van der Waals surface area contributed by atoms with Crippen LogP contribution in [0.25, 0.3) is 0 Å². The summed E-state index contributed by atoms with van der Waals surface area (Å²) in [6.07, 6.45) is 1.62. The number of hydrogen-bond acceptors (Lipinski definition) is 4. The monoisotopic (exact) mass is 342 g/mol. The third kappa shape index (κ3) is 6.08. The Morgan fingerprint density at radius 1 is 1.21 bits per heavy atom. The van der Waals surface area contributed by atoms with Crippen molar-refractivity contribution in [2.45, 2.75) is 19.6 Å². The van der Waals surface area contributed by atoms with Crippen LogP contribution in [-0.2, 0) is 10.5 Å². The summed E-state index contributed by atoms with van der Waals surface area (Å²) in [4.78, 5) is 11.8. The topological polar surface area (TPSA) is 50.7 Å². The Hall–Kier alpha value is -2.27. The predicted molar refractivity (Wildman–Crippen MR) is 101 cm³/mol. The molecule has 5 heteroatoms. The van der Waals surface area contributed by atoms with Gasteiger partial charge in [-0.25, -0.2) is 5.43 Å². The van der Waals surface area contributed by atoms with Crippen LogP contribution < -0.4 is 10.2 Å². The lowest BCUT2D eigenvalue weighted by Gasteiger charge is -2.04. The first kappa shape index (κ1) is 18.1. The number of carbonyl (C=O) groups is 1. The standard InChI is InChI=1S/C19H22N2O2S/c1-3-23-18-10-8-16(9-11-18)12-20-21-19(22)14-24-13-17-7-5-4-6-15(17)2/h4-12H,3,13-14H2,1-2H3,(H,21,22)/b20-12-. The van der Waals surface area contributed by atoms with Crippen LogP contribution in [0.3, 0.4) is 0 Å². The predicted octanol–water partition coefficient (Wildman–Crippen LogP) is 3.78. The van der Waals surface area contributed by atoms with Crippen molar-refractivity contribution < 1.29 is 9.53 Å². The summed E-state index contributed by atoms with van der Waals surface area (Å²) in [5.41, 5.74) is 5.97. The Morgan fingerprint density at radius 2 is 1.96 bits per heavy atom. The summed E-state index contributed by atoms with van der Waals surface area (Å²) in [5.74, 6) is 1.93. The van der Waals surface area contributed by atoms with E-state index in [1.165, 1.54) is 11.1 Å². The summed E-state index contributed by atoms with van der Waals surface area (Å²) in [5, 5.41) is 3.98. The Labute approximate surface area is 147 Å². The number of amides is 1. The molecule has 0 saturated carbocycles. The quantitative estimate of drug-likeness (QED) is 0.587. The fourth-order valence-corrected chi connectivity index (χ4v) is 2.95. The number of carbonyl (C=O) groups excluding carboxylic acids is 1. The first-order chi connectivity index (χ1) is 11.7. The second-order valence-electron chi connectivity index (χ2n) is 5.21. The van der Waals surface area contributed by atoms with Crippen LogP contribution in [-0.4, -0.2) is 24.5 Å². The van der Waals surface area contributed by atoms with Gasteiger partial charge in [0.15, 0.2) is 0 Å². The molecule has 0 fully saturated rings. The zero-order valence-corrected chi connectivity index (χ0v) is 14.8. The molecule has 0 aliphatic heterocycles. The highest BCUT2D eigenvalue weighted by Gasteiger charge is 2.02. The summed E-state index contributed by atoms with van der Waals surface area (Å²) in [6, 6.07) is 15.8. The zero-order chi connectivity index (χ0) is 17.2. The SMILES string of the molecule is CCOc1ccc(/C=N\NC(=O)CSCc2ccccc2C)cc1. The third-order valence-electron chi connectivity index (χ3n) is 3.35. The van der Waals surface area contributed by atoms with E-state index in [4.69, 9.17) is 4.74 Å². The van der Waals surface area contributed by atoms with Gasteiger partial charge in [-0.15, -0.1) is 11.8 Å². The Bertz CT molecular complexity index is 684. The average molecular weight is 342 g/mol. The first-order valence-electron chi connectivity index (χ1n) is 7.86. The molecular weight excluding hydrogens is 320 g/mol. The molecule has 0 heterocycles. The minimum Gasteiger partial charge on any atom is -0.494 e. The number of benzene rings is 2. The van der Waals surface area contributed by atoms with Gasteiger partial charge < -0.3 is 4.74 Å². The Morgan fingerprint density at radius 3 is 2.67 bits per heavy atom. The van der Waals surface area contributed by atoms with Crippen molar-refractivity contribution in [2.75, 3.05) is 12.4 Å². The highest BCUT2D eigenvalue weighted by molar-refractivity contribution is 7.99. The van der Waals surface area contributed by atoms with Crippen molar-refractivity contribution in [1.29, 1.82) is 0 Å². The second kappa shape index (κ2) is 9.78. The van der Waals surface area contributed by atoms with Gasteiger partial charge in [-0.3, -0.25) is 4.79 Å². The third-order valence-corrected chi connectivity index (χ3v) is 4.33. The molecule has 1 amide bonds. The lowest BCUT2D eigenvalue weighted by Crippen LogP contribution is -2.19. The highest BCUT2D eigenvalue weighted by Crippen LogP contribution is 2.15. The number of hydrogen-bond donors (Lipinski definition) is 1. The number of nitrogens with zero attached hydrogens (tertiary/aromatic N) is 1. The van der Waals surface area contributed by atoms with E-state index in [1.807, 2.05) is 43.3 Å². The molecule has 2 aromatic carbocycles. The largest absolute Gasteiger partial charge is 0.494 e. The second-order valence-corrected chi connectivity index (χ2v) is 6.20. The lowest BCUT2D eigenvalue weighted by molar-refractivity contribution is -0.118. The molecule has 4 nitrogen and oxygen atoms in total. The number of aryl methyl sites for hydroxylation is 1. The molecule has 0 aliphatic rings. The van der Waals surface area contributed by atoms with Crippen LogP contribution in [0.5, 0.6) is 5.75 Å². The fraction of sp³-hybridized carbons (Fsp3) is 0.263. The molecule has 0 spiro atoms. The van der Waals surface area contributed by atoms with Crippen molar-refractivity contribution >= 4 is 23.9 Å². The molecule has 0 saturated heterocycles. The van der Waals surface area contributed by atoms with E-state index in [0.717, 1.165) is 17.1 Å². The Balaban J connectivity index is 1.71. The minimum atomic E-state index is -0.101. The molecular formula is C19H22N2O2S. The molecule has 0 radical (unpaired) electrons. The molecule has 0 aromatic heterocycles. The van der Waals surface area contributed by atoms with Crippen LogP contribution in [0.1, 0.15) is 23.6 Å². The van der Waals surface area contributed by atoms with Gasteiger partial charge in [0.25, 0.3) is 0 Å². The van der Waals surface area contributed by atoms with E-state index in [0.29, 0.717) is 12.4 Å². The highest BCUT2D eigenvalue weighted by atomic mass is 32.2. The molecule has 0 atom stereocenters. The van der Waals surface area contributed by atoms with Gasteiger partial charge in [-0.1, -0.05) is 24.3 Å². The van der Waals surface area contributed by atoms with E-state index in [1.54, 1.807) is 18.0 Å². The maximum atomic E-state index is 11.8. The van der Waals surface area contributed by atoms with Crippen LogP contribution in [0.15, 0.2) is 53.6 Å². The fourth-order valence-electron chi connectivity index (χ4n) is 2.05. The van der Waals surface area contributed by atoms with Crippen molar-refractivity contribution in [3.63, 3.8) is 0 Å². The van der Waals surface area contributed by atoms with Gasteiger partial charge in [-0.05, 0) is 54.8 Å². The summed E-state index contributed by atoms with van der Waals surface area (Å²) >= 11 is 1.58. The summed E-state index contributed by atoms with van der Waals surface area (Å²) in [6.45, 7) is 4.67. The van der Waals surface area contributed by atoms with E-state index in [-0.39, 0.29) is 5.91 Å². The maximum absolute atomic E-state index is 11.8. The molecule has 0 bridgehead atoms. The summed E-state index contributed by atoms with van der Waals surface area (Å²) in [7, 11) is 0. The lowest BCUT2D eigenvalue weighted by atomic mass is 10.1. The normalized spacial score (nSPS) is 10.8. The van der Waals surface area contributed by atoms with E-state index in [9.17, 15) is 4.79 Å². The van der Waals surface area contributed by atoms with Crippen molar-refractivity contribution in [1.82, 2.24) is 5.43 Å². The van der Waals surface area contributed by atoms with Gasteiger partial charge in [0.05, 0.1) is 18.6 Å². The average Bonchev–Trinajstić information content (AvgIpc) is 2.58. The number of ether oxygens (including phenoxy) is 1. The molecule has 2 rings (SSSR count). The van der Waals surface area contributed by atoms with Crippen LogP contribution in [0.4, 0.5) is 0 Å². The summed E-state index contributed by atoms with van der Waals surface area (Å²) < 4.78 is 5.38. The molecule has 126 valence electrons. The van der Waals surface area contributed by atoms with Crippen LogP contribution in [0.2, 0.25) is 0 Å².